The van der Waals surface area contributed by atoms with Crippen LogP contribution in [0.3, 0.4) is 0 Å². The van der Waals surface area contributed by atoms with Crippen LogP contribution in [0.2, 0.25) is 0 Å². The van der Waals surface area contributed by atoms with Gasteiger partial charge in [-0.15, -0.1) is 0 Å². The lowest BCUT2D eigenvalue weighted by Gasteiger charge is -2.41. The molecule has 7 nitrogen and oxygen atoms in total. The molecule has 2 aliphatic rings. The lowest BCUT2D eigenvalue weighted by atomic mass is 9.91. The summed E-state index contributed by atoms with van der Waals surface area (Å²) in [4.78, 5) is 18.4. The molecule has 0 saturated carbocycles. The minimum atomic E-state index is -0.0264. The zero-order chi connectivity index (χ0) is 28.8. The van der Waals surface area contributed by atoms with Crippen LogP contribution in [0.5, 0.6) is 23.0 Å². The quantitative estimate of drug-likeness (QED) is 0.281. The second-order valence-electron chi connectivity index (χ2n) is 11.1. The summed E-state index contributed by atoms with van der Waals surface area (Å²) < 4.78 is 22.0. The van der Waals surface area contributed by atoms with Gasteiger partial charge in [-0.25, -0.2) is 0 Å². The Bertz CT molecular complexity index is 1310. The number of benzene rings is 3. The number of carbonyl (C=O) groups is 1. The number of methoxy groups -OCH3 is 4. The Labute approximate surface area is 244 Å². The molecule has 3 aromatic carbocycles. The highest BCUT2D eigenvalue weighted by atomic mass is 16.5. The summed E-state index contributed by atoms with van der Waals surface area (Å²) in [6.45, 7) is 2.37. The third-order valence-corrected chi connectivity index (χ3v) is 8.62. The van der Waals surface area contributed by atoms with E-state index < -0.39 is 0 Å². The van der Waals surface area contributed by atoms with Crippen LogP contribution in [-0.2, 0) is 24.2 Å². The van der Waals surface area contributed by atoms with Crippen molar-refractivity contribution in [2.45, 2.75) is 50.7 Å². The van der Waals surface area contributed by atoms with E-state index in [-0.39, 0.29) is 17.9 Å². The third-order valence-electron chi connectivity index (χ3n) is 8.62. The van der Waals surface area contributed by atoms with E-state index in [1.165, 1.54) is 16.7 Å². The van der Waals surface area contributed by atoms with E-state index in [4.69, 9.17) is 18.9 Å². The van der Waals surface area contributed by atoms with Gasteiger partial charge < -0.3 is 23.8 Å². The Balaban J connectivity index is 1.32. The minimum absolute atomic E-state index is 0.0264. The van der Waals surface area contributed by atoms with Gasteiger partial charge in [0.25, 0.3) is 0 Å². The molecule has 0 N–H and O–H groups in total. The maximum atomic E-state index is 13.8. The summed E-state index contributed by atoms with van der Waals surface area (Å²) in [5.41, 5.74) is 3.64. The van der Waals surface area contributed by atoms with Crippen molar-refractivity contribution < 1.29 is 23.7 Å². The zero-order valence-corrected chi connectivity index (χ0v) is 24.7. The van der Waals surface area contributed by atoms with Gasteiger partial charge in [0.2, 0.25) is 5.91 Å². The van der Waals surface area contributed by atoms with Gasteiger partial charge in [0.05, 0.1) is 34.5 Å². The molecule has 3 aromatic rings. The number of amides is 1. The highest BCUT2D eigenvalue weighted by Gasteiger charge is 2.45. The Kier molecular flexibility index (Phi) is 9.35. The normalized spacial score (nSPS) is 19.2. The number of fused-ring (bicyclic) bond motifs is 2. The van der Waals surface area contributed by atoms with Crippen molar-refractivity contribution in [3.8, 4) is 23.0 Å². The highest BCUT2D eigenvalue weighted by Crippen LogP contribution is 2.35. The summed E-state index contributed by atoms with van der Waals surface area (Å²) >= 11 is 0. The van der Waals surface area contributed by atoms with E-state index in [0.29, 0.717) is 6.04 Å². The van der Waals surface area contributed by atoms with E-state index >= 15 is 0 Å². The Morgan fingerprint density at radius 2 is 1.39 bits per heavy atom. The summed E-state index contributed by atoms with van der Waals surface area (Å²) in [6.07, 6.45) is 4.69. The molecule has 1 amide bonds. The van der Waals surface area contributed by atoms with Crippen LogP contribution in [0, 0.1) is 5.92 Å². The number of nitrogens with zero attached hydrogens (tertiary/aromatic N) is 2. The zero-order valence-electron chi connectivity index (χ0n) is 24.7. The maximum Gasteiger partial charge on any atom is 0.240 e. The van der Waals surface area contributed by atoms with Gasteiger partial charge in [-0.3, -0.25) is 9.69 Å². The van der Waals surface area contributed by atoms with Crippen LogP contribution in [-0.4, -0.2) is 69.3 Å². The molecule has 0 spiro atoms. The van der Waals surface area contributed by atoms with Crippen molar-refractivity contribution >= 4 is 5.91 Å². The molecule has 0 aromatic heterocycles. The molecule has 2 aliphatic heterocycles. The first-order chi connectivity index (χ1) is 20.0. The van der Waals surface area contributed by atoms with E-state index in [2.05, 4.69) is 58.3 Å². The molecule has 2 fully saturated rings. The predicted molar refractivity (Wildman–Crippen MR) is 160 cm³/mol. The van der Waals surface area contributed by atoms with Crippen molar-refractivity contribution in [2.24, 2.45) is 5.92 Å². The molecule has 0 radical (unpaired) electrons. The molecule has 2 bridgehead atoms. The number of hydrogen-bond acceptors (Lipinski definition) is 6. The summed E-state index contributed by atoms with van der Waals surface area (Å²) in [6, 6.07) is 23.1. The summed E-state index contributed by atoms with van der Waals surface area (Å²) in [7, 11) is 6.64. The highest BCUT2D eigenvalue weighted by molar-refractivity contribution is 5.83. The predicted octanol–water partition coefficient (Wildman–Crippen LogP) is 5.39. The third kappa shape index (κ3) is 6.62. The first kappa shape index (κ1) is 28.8. The fourth-order valence-corrected chi connectivity index (χ4v) is 6.47. The average Bonchev–Trinajstić information content (AvgIpc) is 3.32. The first-order valence-electron chi connectivity index (χ1n) is 14.5. The molecule has 7 heteroatoms. The van der Waals surface area contributed by atoms with E-state index in [1.54, 1.807) is 28.4 Å². The van der Waals surface area contributed by atoms with Crippen LogP contribution in [0.15, 0.2) is 66.7 Å². The van der Waals surface area contributed by atoms with Crippen LogP contribution in [0.4, 0.5) is 0 Å². The van der Waals surface area contributed by atoms with Crippen molar-refractivity contribution in [3.05, 3.63) is 83.4 Å². The molecular formula is C34H42N2O5. The van der Waals surface area contributed by atoms with Gasteiger partial charge in [0, 0.05) is 25.7 Å². The number of piperazine rings is 1. The van der Waals surface area contributed by atoms with Crippen LogP contribution < -0.4 is 18.9 Å². The molecule has 218 valence electrons. The number of carbonyl (C=O) groups excluding carboxylic acids is 1. The molecular weight excluding hydrogens is 516 g/mol. The molecule has 2 heterocycles. The fourth-order valence-electron chi connectivity index (χ4n) is 6.47. The van der Waals surface area contributed by atoms with Crippen LogP contribution in [0.1, 0.15) is 36.0 Å². The summed E-state index contributed by atoms with van der Waals surface area (Å²) in [5.74, 6) is 3.48. The smallest absolute Gasteiger partial charge is 0.240 e. The van der Waals surface area contributed by atoms with Crippen molar-refractivity contribution in [2.75, 3.05) is 41.5 Å². The van der Waals surface area contributed by atoms with Gasteiger partial charge >= 0.3 is 0 Å². The summed E-state index contributed by atoms with van der Waals surface area (Å²) in [5, 5.41) is 0. The van der Waals surface area contributed by atoms with Crippen molar-refractivity contribution in [1.82, 2.24) is 9.80 Å². The topological polar surface area (TPSA) is 60.5 Å². The molecule has 2 saturated heterocycles. The molecule has 5 rings (SSSR count). The first-order valence-corrected chi connectivity index (χ1v) is 14.5. The number of aryl methyl sites for hydroxylation is 1. The second-order valence-corrected chi connectivity index (χ2v) is 11.1. The SMILES string of the molecule is COc1ccc(CCC(Cc2ccc(OC)c(OC)c2)CN2C[C@H]3CC[C@@H](C2=O)N3Cc2ccccc2)cc1OC. The van der Waals surface area contributed by atoms with Crippen LogP contribution >= 0.6 is 0 Å². The molecule has 3 atom stereocenters. The second kappa shape index (κ2) is 13.3. The molecule has 0 aliphatic carbocycles. The van der Waals surface area contributed by atoms with Gasteiger partial charge in [0.1, 0.15) is 0 Å². The fraction of sp³-hybridized carbons (Fsp3) is 0.441. The lowest BCUT2D eigenvalue weighted by molar-refractivity contribution is -0.142. The Morgan fingerprint density at radius 1 is 0.756 bits per heavy atom. The van der Waals surface area contributed by atoms with Gasteiger partial charge in [-0.1, -0.05) is 42.5 Å². The van der Waals surface area contributed by atoms with Crippen molar-refractivity contribution in [1.29, 1.82) is 0 Å². The number of hydrogen-bond donors (Lipinski definition) is 0. The Morgan fingerprint density at radius 3 is 2.05 bits per heavy atom. The molecule has 1 unspecified atom stereocenters. The van der Waals surface area contributed by atoms with Crippen LogP contribution in [0.25, 0.3) is 0 Å². The Hall–Kier alpha value is -3.71. The van der Waals surface area contributed by atoms with E-state index in [9.17, 15) is 4.79 Å². The number of ether oxygens (including phenoxy) is 4. The molecule has 41 heavy (non-hydrogen) atoms. The maximum absolute atomic E-state index is 13.8. The largest absolute Gasteiger partial charge is 0.493 e. The standard InChI is InChI=1S/C34H42N2O5/c1-38-30-16-12-24(19-32(30)40-3)10-11-27(18-26-13-17-31(39-2)33(20-26)41-4)21-35-23-28-14-15-29(34(35)37)36(28)22-25-8-6-5-7-9-25/h5-9,12-13,16-17,19-20,27-29H,10-11,14-15,18,21-23H2,1-4H3/t27?,28-,29+/m1/s1. The van der Waals surface area contributed by atoms with E-state index in [0.717, 1.165) is 74.7 Å². The number of likely N-dealkylation sites (tertiary alicyclic amines) is 1. The van der Waals surface area contributed by atoms with Crippen molar-refractivity contribution in [3.63, 3.8) is 0 Å². The van der Waals surface area contributed by atoms with Gasteiger partial charge in [-0.2, -0.15) is 0 Å². The monoisotopic (exact) mass is 558 g/mol. The average molecular weight is 559 g/mol. The minimum Gasteiger partial charge on any atom is -0.493 e. The van der Waals surface area contributed by atoms with Gasteiger partial charge in [0.15, 0.2) is 23.0 Å². The number of rotatable bonds is 13. The lowest BCUT2D eigenvalue weighted by Crippen LogP contribution is -2.57. The van der Waals surface area contributed by atoms with Gasteiger partial charge in [-0.05, 0) is 79.0 Å². The van der Waals surface area contributed by atoms with E-state index in [1.807, 2.05) is 18.2 Å².